The third-order valence-corrected chi connectivity index (χ3v) is 4.47. The van der Waals surface area contributed by atoms with Crippen LogP contribution in [0.4, 0.5) is 10.5 Å². The number of amides is 2. The summed E-state index contributed by atoms with van der Waals surface area (Å²) in [6, 6.07) is 25.2. The lowest BCUT2D eigenvalue weighted by Gasteiger charge is -2.23. The Morgan fingerprint density at radius 1 is 0.857 bits per heavy atom. The molecule has 1 atom stereocenters. The van der Waals surface area contributed by atoms with E-state index in [1.165, 1.54) is 0 Å². The number of rotatable bonds is 5. The number of ether oxygens (including phenoxy) is 2. The molecular weight excluding hydrogens is 356 g/mol. The van der Waals surface area contributed by atoms with Gasteiger partial charge in [0.15, 0.2) is 0 Å². The van der Waals surface area contributed by atoms with Gasteiger partial charge in [0.1, 0.15) is 11.5 Å². The number of carbonyl (C=O) groups excluding carboxylic acids is 2. The highest BCUT2D eigenvalue weighted by atomic mass is 16.6. The van der Waals surface area contributed by atoms with E-state index in [1.807, 2.05) is 36.4 Å². The molecular formula is C22H18N2O4. The summed E-state index contributed by atoms with van der Waals surface area (Å²) in [5.74, 6) is 0.541. The second kappa shape index (κ2) is 7.08. The van der Waals surface area contributed by atoms with E-state index >= 15 is 0 Å². The highest BCUT2D eigenvalue weighted by Gasteiger charge is 2.53. The van der Waals surface area contributed by atoms with Gasteiger partial charge >= 0.3 is 6.09 Å². The maximum absolute atomic E-state index is 13.1. The van der Waals surface area contributed by atoms with Crippen LogP contribution in [-0.4, -0.2) is 17.0 Å². The van der Waals surface area contributed by atoms with E-state index in [2.05, 4.69) is 5.43 Å². The molecule has 1 fully saturated rings. The number of hydrogen-bond acceptors (Lipinski definition) is 5. The molecule has 2 amide bonds. The Morgan fingerprint density at radius 3 is 2.18 bits per heavy atom. The number of hydrazine groups is 1. The summed E-state index contributed by atoms with van der Waals surface area (Å²) in [4.78, 5) is 25.5. The SMILES string of the molecule is CC1(c2ccccc2Oc2ccccc2)OC(=O)N(Nc2ccccc2)C1=O. The molecule has 4 rings (SSSR count). The Kier molecular flexibility index (Phi) is 4.45. The van der Waals surface area contributed by atoms with Crippen molar-refractivity contribution in [1.29, 1.82) is 0 Å². The van der Waals surface area contributed by atoms with Crippen LogP contribution in [0.25, 0.3) is 0 Å². The Labute approximate surface area is 162 Å². The minimum atomic E-state index is -1.51. The van der Waals surface area contributed by atoms with Crippen LogP contribution in [0, 0.1) is 0 Å². The Hall–Kier alpha value is -3.80. The molecule has 28 heavy (non-hydrogen) atoms. The smallest absolute Gasteiger partial charge is 0.437 e. The van der Waals surface area contributed by atoms with Crippen molar-refractivity contribution in [3.63, 3.8) is 0 Å². The lowest BCUT2D eigenvalue weighted by Crippen LogP contribution is -2.40. The molecule has 6 nitrogen and oxygen atoms in total. The molecule has 0 aromatic heterocycles. The van der Waals surface area contributed by atoms with E-state index in [-0.39, 0.29) is 0 Å². The first-order chi connectivity index (χ1) is 13.6. The molecule has 0 bridgehead atoms. The summed E-state index contributed by atoms with van der Waals surface area (Å²) in [7, 11) is 0. The van der Waals surface area contributed by atoms with Crippen molar-refractivity contribution in [2.45, 2.75) is 12.5 Å². The number of imide groups is 1. The first kappa shape index (κ1) is 17.6. The van der Waals surface area contributed by atoms with Gasteiger partial charge in [0, 0.05) is 5.56 Å². The van der Waals surface area contributed by atoms with E-state index in [1.54, 1.807) is 55.5 Å². The minimum Gasteiger partial charge on any atom is -0.457 e. The largest absolute Gasteiger partial charge is 0.457 e. The Balaban J connectivity index is 1.65. The molecule has 0 saturated carbocycles. The first-order valence-electron chi connectivity index (χ1n) is 8.79. The summed E-state index contributed by atoms with van der Waals surface area (Å²) >= 11 is 0. The van der Waals surface area contributed by atoms with Crippen LogP contribution in [-0.2, 0) is 15.1 Å². The first-order valence-corrected chi connectivity index (χ1v) is 8.79. The summed E-state index contributed by atoms with van der Waals surface area (Å²) in [6.07, 6.45) is -0.772. The van der Waals surface area contributed by atoms with Crippen molar-refractivity contribution < 1.29 is 19.1 Å². The van der Waals surface area contributed by atoms with Crippen molar-refractivity contribution in [2.75, 3.05) is 5.43 Å². The van der Waals surface area contributed by atoms with Crippen LogP contribution in [0.15, 0.2) is 84.9 Å². The molecule has 0 aliphatic carbocycles. The number of carbonyl (C=O) groups is 2. The lowest BCUT2D eigenvalue weighted by atomic mass is 9.94. The second-order valence-electron chi connectivity index (χ2n) is 6.43. The molecule has 0 radical (unpaired) electrons. The Morgan fingerprint density at radius 2 is 1.46 bits per heavy atom. The normalized spacial score (nSPS) is 18.7. The molecule has 1 heterocycles. The van der Waals surface area contributed by atoms with Gasteiger partial charge in [-0.05, 0) is 37.3 Å². The standard InChI is InChI=1S/C22H18N2O4/c1-22(18-14-8-9-15-19(18)27-17-12-6-3-7-13-17)20(25)24(21(26)28-22)23-16-10-4-2-5-11-16/h2-15,23H,1H3. The van der Waals surface area contributed by atoms with Gasteiger partial charge in [0.2, 0.25) is 5.60 Å². The molecule has 140 valence electrons. The highest BCUT2D eigenvalue weighted by molar-refractivity contribution is 6.04. The molecule has 3 aromatic carbocycles. The van der Waals surface area contributed by atoms with Gasteiger partial charge in [-0.15, -0.1) is 5.01 Å². The molecule has 3 aromatic rings. The van der Waals surface area contributed by atoms with Gasteiger partial charge in [0.25, 0.3) is 5.91 Å². The van der Waals surface area contributed by atoms with Crippen molar-refractivity contribution in [2.24, 2.45) is 0 Å². The van der Waals surface area contributed by atoms with Crippen molar-refractivity contribution in [3.8, 4) is 11.5 Å². The quantitative estimate of drug-likeness (QED) is 0.701. The highest BCUT2D eigenvalue weighted by Crippen LogP contribution is 2.40. The Bertz CT molecular complexity index is 1010. The van der Waals surface area contributed by atoms with Crippen LogP contribution in [0.2, 0.25) is 0 Å². The van der Waals surface area contributed by atoms with E-state index in [9.17, 15) is 9.59 Å². The zero-order valence-electron chi connectivity index (χ0n) is 15.2. The van der Waals surface area contributed by atoms with Gasteiger partial charge in [-0.3, -0.25) is 10.2 Å². The zero-order valence-corrected chi connectivity index (χ0v) is 15.2. The van der Waals surface area contributed by atoms with Crippen LogP contribution < -0.4 is 10.2 Å². The summed E-state index contributed by atoms with van der Waals surface area (Å²) < 4.78 is 11.4. The fourth-order valence-electron chi connectivity index (χ4n) is 3.03. The predicted molar refractivity (Wildman–Crippen MR) is 104 cm³/mol. The van der Waals surface area contributed by atoms with E-state index in [4.69, 9.17) is 9.47 Å². The topological polar surface area (TPSA) is 67.9 Å². The molecule has 1 saturated heterocycles. The predicted octanol–water partition coefficient (Wildman–Crippen LogP) is 4.70. The van der Waals surface area contributed by atoms with Gasteiger partial charge in [-0.1, -0.05) is 54.6 Å². The van der Waals surface area contributed by atoms with Gasteiger partial charge in [-0.25, -0.2) is 4.79 Å². The minimum absolute atomic E-state index is 0.443. The van der Waals surface area contributed by atoms with E-state index in [0.29, 0.717) is 22.7 Å². The van der Waals surface area contributed by atoms with Crippen molar-refractivity contribution in [1.82, 2.24) is 5.01 Å². The number of para-hydroxylation sites is 3. The number of hydrogen-bond donors (Lipinski definition) is 1. The maximum Gasteiger partial charge on any atom is 0.437 e. The number of anilines is 1. The molecule has 1 aliphatic rings. The third-order valence-electron chi connectivity index (χ3n) is 4.47. The summed E-state index contributed by atoms with van der Waals surface area (Å²) in [6.45, 7) is 1.56. The molecule has 1 unspecified atom stereocenters. The number of benzene rings is 3. The van der Waals surface area contributed by atoms with Crippen LogP contribution in [0.3, 0.4) is 0 Å². The molecule has 1 N–H and O–H groups in total. The number of nitrogens with one attached hydrogen (secondary N) is 1. The zero-order chi connectivity index (χ0) is 19.6. The summed E-state index contributed by atoms with van der Waals surface area (Å²) in [5, 5.41) is 0.884. The fraction of sp³-hybridized carbons (Fsp3) is 0.0909. The summed E-state index contributed by atoms with van der Waals surface area (Å²) in [5.41, 5.74) is 2.36. The average molecular weight is 374 g/mol. The van der Waals surface area contributed by atoms with Crippen LogP contribution >= 0.6 is 0 Å². The number of cyclic esters (lactones) is 1. The molecule has 0 spiro atoms. The second-order valence-corrected chi connectivity index (χ2v) is 6.43. The fourth-order valence-corrected chi connectivity index (χ4v) is 3.03. The van der Waals surface area contributed by atoms with E-state index < -0.39 is 17.6 Å². The maximum atomic E-state index is 13.1. The van der Waals surface area contributed by atoms with Gasteiger partial charge < -0.3 is 9.47 Å². The van der Waals surface area contributed by atoms with Crippen molar-refractivity contribution in [3.05, 3.63) is 90.5 Å². The van der Waals surface area contributed by atoms with E-state index in [0.717, 1.165) is 5.01 Å². The molecule has 1 aliphatic heterocycles. The van der Waals surface area contributed by atoms with Crippen LogP contribution in [0.5, 0.6) is 11.5 Å². The third kappa shape index (κ3) is 3.16. The average Bonchev–Trinajstić information content (AvgIpc) is 2.94. The monoisotopic (exact) mass is 374 g/mol. The van der Waals surface area contributed by atoms with Gasteiger partial charge in [-0.2, -0.15) is 0 Å². The van der Waals surface area contributed by atoms with Crippen molar-refractivity contribution >= 4 is 17.7 Å². The van der Waals surface area contributed by atoms with Gasteiger partial charge in [0.05, 0.1) is 5.69 Å². The molecule has 6 heteroatoms. The number of nitrogens with zero attached hydrogens (tertiary/aromatic N) is 1. The van der Waals surface area contributed by atoms with Crippen LogP contribution in [0.1, 0.15) is 12.5 Å². The lowest BCUT2D eigenvalue weighted by molar-refractivity contribution is -0.135.